The Morgan fingerprint density at radius 1 is 1.46 bits per heavy atom. The minimum atomic E-state index is -0.0497. The zero-order chi connectivity index (χ0) is 18.7. The van der Waals surface area contributed by atoms with Crippen LogP contribution < -0.4 is 10.5 Å². The van der Waals surface area contributed by atoms with Gasteiger partial charge in [0, 0.05) is 19.8 Å². The fourth-order valence-electron chi connectivity index (χ4n) is 2.69. The van der Waals surface area contributed by atoms with Crippen molar-refractivity contribution in [1.82, 2.24) is 14.5 Å². The van der Waals surface area contributed by atoms with E-state index < -0.39 is 0 Å². The van der Waals surface area contributed by atoms with E-state index in [1.165, 1.54) is 11.3 Å². The fraction of sp³-hybridized carbons (Fsp3) is 0.250. The van der Waals surface area contributed by atoms with Gasteiger partial charge >= 0.3 is 0 Å². The van der Waals surface area contributed by atoms with Crippen molar-refractivity contribution >= 4 is 37.5 Å². The maximum atomic E-state index is 12.9. The summed E-state index contributed by atoms with van der Waals surface area (Å²) >= 11 is 1.38. The Morgan fingerprint density at radius 2 is 2.27 bits per heavy atom. The molecule has 0 aliphatic rings. The maximum Gasteiger partial charge on any atom is 0.271 e. The third-order valence-corrected chi connectivity index (χ3v) is 5.28. The molecule has 0 radical (unpaired) electrons. The Kier molecular flexibility index (Phi) is 5.19. The summed E-state index contributed by atoms with van der Waals surface area (Å²) in [5, 5.41) is 0.884. The first-order valence-electron chi connectivity index (χ1n) is 8.27. The van der Waals surface area contributed by atoms with Gasteiger partial charge in [-0.3, -0.25) is 9.36 Å². The second kappa shape index (κ2) is 7.54. The van der Waals surface area contributed by atoms with Crippen molar-refractivity contribution in [2.45, 2.75) is 20.4 Å². The van der Waals surface area contributed by atoms with Gasteiger partial charge in [0.25, 0.3) is 5.56 Å². The van der Waals surface area contributed by atoms with Crippen molar-refractivity contribution in [2.75, 3.05) is 18.5 Å². The lowest BCUT2D eigenvalue weighted by molar-refractivity contribution is 0.768. The molecule has 3 heterocycles. The number of nitrogens with zero attached hydrogens (tertiary/aromatic N) is 4. The van der Waals surface area contributed by atoms with Crippen molar-refractivity contribution in [3.05, 3.63) is 52.7 Å². The van der Waals surface area contributed by atoms with Gasteiger partial charge in [0.05, 0.1) is 29.5 Å². The van der Waals surface area contributed by atoms with Crippen LogP contribution in [0.2, 0.25) is 0 Å². The maximum absolute atomic E-state index is 12.9. The monoisotopic (exact) mass is 364 g/mol. The highest BCUT2D eigenvalue weighted by Crippen LogP contribution is 2.35. The number of fused-ring (bicyclic) bond motifs is 3. The van der Waals surface area contributed by atoms with Gasteiger partial charge in [-0.05, 0) is 19.9 Å². The normalized spacial score (nSPS) is 12.2. The molecule has 26 heavy (non-hydrogen) atoms. The van der Waals surface area contributed by atoms with E-state index in [1.807, 2.05) is 50.1 Å². The Balaban J connectivity index is 2.12. The molecular weight excluding hydrogens is 344 g/mol. The number of allylic oxidation sites excluding steroid dienone is 4. The van der Waals surface area contributed by atoms with Crippen LogP contribution in [0.3, 0.4) is 0 Å². The largest absolute Gasteiger partial charge is 0.363 e. The molecule has 132 valence electrons. The quantitative estimate of drug-likeness (QED) is 0.513. The molecule has 0 bridgehead atoms. The Morgan fingerprint density at radius 3 is 3.00 bits per heavy atom. The van der Waals surface area contributed by atoms with Crippen molar-refractivity contribution in [2.24, 2.45) is 0 Å². The standard InChI is InChI=1S/C20H20N4OS/c1-5-11-23(4)15-9-10-21-19-16(15)17-18(26-19)20(25)24(13-22-17)12-7-8-14(3)6-2/h1,6-10,13H,11-12H2,2-4H3/b8-7-,14-6-. The summed E-state index contributed by atoms with van der Waals surface area (Å²) in [6.07, 6.45) is 14.8. The molecule has 3 aromatic heterocycles. The number of rotatable bonds is 5. The zero-order valence-electron chi connectivity index (χ0n) is 15.1. The van der Waals surface area contributed by atoms with E-state index in [9.17, 15) is 4.79 Å². The molecule has 0 N–H and O–H groups in total. The van der Waals surface area contributed by atoms with E-state index in [-0.39, 0.29) is 5.56 Å². The van der Waals surface area contributed by atoms with Gasteiger partial charge in [-0.25, -0.2) is 9.97 Å². The van der Waals surface area contributed by atoms with Crippen LogP contribution in [0.25, 0.3) is 20.4 Å². The summed E-state index contributed by atoms with van der Waals surface area (Å²) in [5.74, 6) is 2.64. The number of thiophene rings is 1. The summed E-state index contributed by atoms with van der Waals surface area (Å²) < 4.78 is 2.23. The van der Waals surface area contributed by atoms with Gasteiger partial charge in [-0.2, -0.15) is 0 Å². The van der Waals surface area contributed by atoms with E-state index in [4.69, 9.17) is 6.42 Å². The number of anilines is 1. The Hall–Kier alpha value is -2.91. The molecule has 0 saturated carbocycles. The second-order valence-corrected chi connectivity index (χ2v) is 6.99. The van der Waals surface area contributed by atoms with E-state index >= 15 is 0 Å². The molecule has 3 aromatic rings. The first kappa shape index (κ1) is 17.9. The number of hydrogen-bond acceptors (Lipinski definition) is 5. The number of terminal acetylenes is 1. The minimum Gasteiger partial charge on any atom is -0.363 e. The lowest BCUT2D eigenvalue weighted by atomic mass is 10.2. The molecule has 0 amide bonds. The number of pyridine rings is 1. The lowest BCUT2D eigenvalue weighted by Crippen LogP contribution is -2.19. The summed E-state index contributed by atoms with van der Waals surface area (Å²) in [6.45, 7) is 4.96. The molecule has 5 nitrogen and oxygen atoms in total. The molecule has 0 atom stereocenters. The zero-order valence-corrected chi connectivity index (χ0v) is 15.9. The smallest absolute Gasteiger partial charge is 0.271 e. The van der Waals surface area contributed by atoms with Crippen LogP contribution in [0, 0.1) is 12.3 Å². The molecular formula is C20H20N4OS. The predicted octanol–water partition coefficient (Wildman–Crippen LogP) is 3.60. The lowest BCUT2D eigenvalue weighted by Gasteiger charge is -2.16. The summed E-state index contributed by atoms with van der Waals surface area (Å²) in [6, 6.07) is 1.90. The average molecular weight is 364 g/mol. The third-order valence-electron chi connectivity index (χ3n) is 4.20. The molecule has 6 heteroatoms. The van der Waals surface area contributed by atoms with Crippen LogP contribution in [0.15, 0.2) is 47.2 Å². The van der Waals surface area contributed by atoms with E-state index in [0.29, 0.717) is 23.3 Å². The van der Waals surface area contributed by atoms with Crippen molar-refractivity contribution < 1.29 is 0 Å². The highest BCUT2D eigenvalue weighted by atomic mass is 32.1. The van der Waals surface area contributed by atoms with Crippen LogP contribution in [0.5, 0.6) is 0 Å². The number of hydrogen-bond donors (Lipinski definition) is 0. The SMILES string of the molecule is C#CCN(C)c1ccnc2sc3c(=O)n(C/C=C\C(C)=C/C)cnc3c12. The van der Waals surface area contributed by atoms with Crippen LogP contribution in [-0.2, 0) is 6.54 Å². The Bertz CT molecular complexity index is 1110. The third kappa shape index (κ3) is 3.26. The fourth-order valence-corrected chi connectivity index (χ4v) is 3.75. The molecule has 0 aliphatic carbocycles. The molecule has 0 spiro atoms. The van der Waals surface area contributed by atoms with Crippen molar-refractivity contribution in [3.63, 3.8) is 0 Å². The topological polar surface area (TPSA) is 51.0 Å². The van der Waals surface area contributed by atoms with Crippen LogP contribution in [-0.4, -0.2) is 28.1 Å². The summed E-state index contributed by atoms with van der Waals surface area (Å²) in [5.41, 5.74) is 2.73. The van der Waals surface area contributed by atoms with Gasteiger partial charge in [-0.15, -0.1) is 17.8 Å². The van der Waals surface area contributed by atoms with Crippen molar-refractivity contribution in [3.8, 4) is 12.3 Å². The van der Waals surface area contributed by atoms with Crippen molar-refractivity contribution in [1.29, 1.82) is 0 Å². The molecule has 0 unspecified atom stereocenters. The van der Waals surface area contributed by atoms with E-state index in [2.05, 4.69) is 15.9 Å². The first-order chi connectivity index (χ1) is 12.6. The first-order valence-corrected chi connectivity index (χ1v) is 9.09. The van der Waals surface area contributed by atoms with Gasteiger partial charge in [0.15, 0.2) is 0 Å². The van der Waals surface area contributed by atoms with E-state index in [0.717, 1.165) is 21.5 Å². The highest BCUT2D eigenvalue weighted by molar-refractivity contribution is 7.25. The summed E-state index contributed by atoms with van der Waals surface area (Å²) in [4.78, 5) is 24.6. The van der Waals surface area contributed by atoms with Crippen LogP contribution >= 0.6 is 11.3 Å². The van der Waals surface area contributed by atoms with Crippen LogP contribution in [0.4, 0.5) is 5.69 Å². The summed E-state index contributed by atoms with van der Waals surface area (Å²) in [7, 11) is 1.92. The average Bonchev–Trinajstić information content (AvgIpc) is 3.03. The number of aromatic nitrogens is 3. The van der Waals surface area contributed by atoms with Gasteiger partial charge in [-0.1, -0.05) is 29.7 Å². The predicted molar refractivity (Wildman–Crippen MR) is 110 cm³/mol. The second-order valence-electron chi connectivity index (χ2n) is 5.99. The van der Waals surface area contributed by atoms with Gasteiger partial charge in [0.1, 0.15) is 9.53 Å². The van der Waals surface area contributed by atoms with E-state index in [1.54, 1.807) is 17.1 Å². The van der Waals surface area contributed by atoms with Gasteiger partial charge < -0.3 is 4.90 Å². The van der Waals surface area contributed by atoms with Crippen LogP contribution in [0.1, 0.15) is 13.8 Å². The minimum absolute atomic E-state index is 0.0497. The highest BCUT2D eigenvalue weighted by Gasteiger charge is 2.16. The van der Waals surface area contributed by atoms with Gasteiger partial charge in [0.2, 0.25) is 0 Å². The molecule has 0 aliphatic heterocycles. The molecule has 0 saturated heterocycles. The Labute approximate surface area is 156 Å². The molecule has 3 rings (SSSR count). The molecule has 0 fully saturated rings. The molecule has 0 aromatic carbocycles.